The number of aromatic nitrogens is 2. The van der Waals surface area contributed by atoms with Crippen molar-refractivity contribution in [3.05, 3.63) is 48.8 Å². The summed E-state index contributed by atoms with van der Waals surface area (Å²) in [5, 5.41) is 1.77. The van der Waals surface area contributed by atoms with Crippen LogP contribution >= 0.6 is 11.3 Å². The predicted molar refractivity (Wildman–Crippen MR) is 105 cm³/mol. The number of rotatable bonds is 5. The Morgan fingerprint density at radius 3 is 2.62 bits per heavy atom. The van der Waals surface area contributed by atoms with Crippen LogP contribution in [0, 0.1) is 0 Å². The molecule has 1 saturated heterocycles. The molecule has 1 aliphatic rings. The molecule has 0 radical (unpaired) electrons. The first-order chi connectivity index (χ1) is 13.7. The maximum absolute atomic E-state index is 12.5. The molecule has 0 aromatic carbocycles. The molecule has 11 heteroatoms. The minimum absolute atomic E-state index is 0.262. The third-order valence-corrected chi connectivity index (χ3v) is 5.71. The molecular weight excluding hydrogens is 400 g/mol. The van der Waals surface area contributed by atoms with Crippen molar-refractivity contribution in [3.63, 3.8) is 0 Å². The molecule has 0 spiro atoms. The van der Waals surface area contributed by atoms with Crippen LogP contribution in [0.15, 0.2) is 27.1 Å². The van der Waals surface area contributed by atoms with Gasteiger partial charge in [-0.3, -0.25) is 23.5 Å². The van der Waals surface area contributed by atoms with Crippen LogP contribution in [0.2, 0.25) is 0 Å². The molecule has 0 bridgehead atoms. The van der Waals surface area contributed by atoms with Gasteiger partial charge in [0, 0.05) is 20.6 Å². The van der Waals surface area contributed by atoms with E-state index in [4.69, 9.17) is 10.5 Å². The quantitative estimate of drug-likeness (QED) is 0.521. The molecule has 1 atom stereocenters. The Balaban J connectivity index is 1.73. The number of thiophene rings is 1. The van der Waals surface area contributed by atoms with E-state index in [2.05, 4.69) is 0 Å². The van der Waals surface area contributed by atoms with E-state index in [9.17, 15) is 24.0 Å². The minimum atomic E-state index is -0.859. The van der Waals surface area contributed by atoms with E-state index < -0.39 is 41.2 Å². The molecule has 0 unspecified atom stereocenters. The normalized spacial score (nSPS) is 16.1. The maximum atomic E-state index is 12.5. The Morgan fingerprint density at radius 1 is 1.24 bits per heavy atom. The van der Waals surface area contributed by atoms with Gasteiger partial charge in [0.2, 0.25) is 5.78 Å². The van der Waals surface area contributed by atoms with E-state index in [1.165, 1.54) is 30.3 Å². The summed E-state index contributed by atoms with van der Waals surface area (Å²) < 4.78 is 6.81. The molecule has 154 valence electrons. The molecule has 1 fully saturated rings. The molecule has 0 saturated carbocycles. The summed E-state index contributed by atoms with van der Waals surface area (Å²) in [6, 6.07) is 2.63. The number of nitrogen functional groups attached to an aromatic ring is 1. The number of carbonyl (C=O) groups excluding carboxylic acids is 3. The monoisotopic (exact) mass is 420 g/mol. The van der Waals surface area contributed by atoms with Crippen LogP contribution in [-0.4, -0.2) is 50.9 Å². The fourth-order valence-electron chi connectivity index (χ4n) is 3.22. The molecule has 0 aliphatic carbocycles. The highest BCUT2D eigenvalue weighted by Gasteiger charge is 2.36. The van der Waals surface area contributed by atoms with Gasteiger partial charge in [-0.05, 0) is 24.3 Å². The second kappa shape index (κ2) is 8.03. The van der Waals surface area contributed by atoms with E-state index >= 15 is 0 Å². The number of hydrogen-bond donors (Lipinski definition) is 1. The highest BCUT2D eigenvalue weighted by Crippen LogP contribution is 2.23. The number of nitrogens with zero attached hydrogens (tertiary/aromatic N) is 3. The molecule has 1 aliphatic heterocycles. The van der Waals surface area contributed by atoms with Gasteiger partial charge in [-0.2, -0.15) is 0 Å². The molecular formula is C18H20N4O6S. The first kappa shape index (κ1) is 20.5. The Hall–Kier alpha value is -3.21. The zero-order valence-corrected chi connectivity index (χ0v) is 16.7. The van der Waals surface area contributed by atoms with Crippen molar-refractivity contribution in [2.75, 3.05) is 18.9 Å². The van der Waals surface area contributed by atoms with Crippen LogP contribution in [0.1, 0.15) is 32.9 Å². The Morgan fingerprint density at radius 2 is 1.97 bits per heavy atom. The van der Waals surface area contributed by atoms with E-state index in [1.807, 2.05) is 0 Å². The van der Waals surface area contributed by atoms with Crippen molar-refractivity contribution in [3.8, 4) is 0 Å². The number of hydrogen-bond acceptors (Lipinski definition) is 8. The largest absolute Gasteiger partial charge is 0.456 e. The number of Topliss-reactive ketones (excluding diaryl/α,β-unsaturated/α-hetero) is 1. The number of amides is 1. The minimum Gasteiger partial charge on any atom is -0.456 e. The third kappa shape index (κ3) is 3.73. The fourth-order valence-corrected chi connectivity index (χ4v) is 3.90. The molecule has 3 heterocycles. The van der Waals surface area contributed by atoms with Crippen LogP contribution in [0.5, 0.6) is 0 Å². The number of ketones is 1. The molecule has 1 amide bonds. The van der Waals surface area contributed by atoms with Gasteiger partial charge in [0.15, 0.2) is 6.61 Å². The number of nitrogens with two attached hydrogens (primary N) is 1. The van der Waals surface area contributed by atoms with Gasteiger partial charge in [-0.1, -0.05) is 6.07 Å². The van der Waals surface area contributed by atoms with E-state index in [0.717, 1.165) is 9.13 Å². The van der Waals surface area contributed by atoms with Gasteiger partial charge in [-0.25, -0.2) is 9.59 Å². The lowest BCUT2D eigenvalue weighted by Gasteiger charge is -2.22. The van der Waals surface area contributed by atoms with Crippen molar-refractivity contribution < 1.29 is 19.1 Å². The first-order valence-corrected chi connectivity index (χ1v) is 9.71. The van der Waals surface area contributed by atoms with Gasteiger partial charge >= 0.3 is 11.7 Å². The SMILES string of the molecule is Cn1c(N)c(C(=O)COC(=O)[C@H]2CCCN2C(=O)c2cccs2)c(=O)n(C)c1=O. The first-order valence-electron chi connectivity index (χ1n) is 8.83. The molecule has 29 heavy (non-hydrogen) atoms. The lowest BCUT2D eigenvalue weighted by molar-refractivity contribution is -0.147. The van der Waals surface area contributed by atoms with Crippen LogP contribution in [-0.2, 0) is 23.6 Å². The molecule has 2 N–H and O–H groups in total. The zero-order valence-electron chi connectivity index (χ0n) is 15.9. The standard InChI is InChI=1S/C18H20N4O6S/c1-20-14(19)13(16(25)21(2)18(20)27)11(23)9-28-17(26)10-5-3-7-22(10)15(24)12-6-4-8-29-12/h4,6,8,10H,3,5,7,9,19H2,1-2H3/t10-/m1/s1. The number of anilines is 1. The highest BCUT2D eigenvalue weighted by atomic mass is 32.1. The summed E-state index contributed by atoms with van der Waals surface area (Å²) in [6.07, 6.45) is 1.06. The average Bonchev–Trinajstić information content (AvgIpc) is 3.40. The summed E-state index contributed by atoms with van der Waals surface area (Å²) in [7, 11) is 2.55. The van der Waals surface area contributed by atoms with Gasteiger partial charge < -0.3 is 15.4 Å². The number of ether oxygens (including phenoxy) is 1. The summed E-state index contributed by atoms with van der Waals surface area (Å²) in [5.74, 6) is -2.10. The van der Waals surface area contributed by atoms with Crippen molar-refractivity contribution in [2.24, 2.45) is 14.1 Å². The van der Waals surface area contributed by atoms with Gasteiger partial charge in [-0.15, -0.1) is 11.3 Å². The molecule has 2 aromatic heterocycles. The van der Waals surface area contributed by atoms with Crippen LogP contribution in [0.4, 0.5) is 5.82 Å². The second-order valence-corrected chi connectivity index (χ2v) is 7.58. The Bertz CT molecular complexity index is 1090. The van der Waals surface area contributed by atoms with Gasteiger partial charge in [0.1, 0.15) is 17.4 Å². The fraction of sp³-hybridized carbons (Fsp3) is 0.389. The van der Waals surface area contributed by atoms with Crippen molar-refractivity contribution >= 4 is 34.8 Å². The maximum Gasteiger partial charge on any atom is 0.332 e. The number of carbonyl (C=O) groups is 3. The molecule has 2 aromatic rings. The van der Waals surface area contributed by atoms with Crippen LogP contribution in [0.3, 0.4) is 0 Å². The van der Waals surface area contributed by atoms with Crippen LogP contribution < -0.4 is 17.0 Å². The average molecular weight is 420 g/mol. The lowest BCUT2D eigenvalue weighted by atomic mass is 10.2. The topological polar surface area (TPSA) is 134 Å². The zero-order chi connectivity index (χ0) is 21.3. The van der Waals surface area contributed by atoms with Gasteiger partial charge in [0.05, 0.1) is 4.88 Å². The summed E-state index contributed by atoms with van der Waals surface area (Å²) in [5.41, 5.74) is 3.79. The second-order valence-electron chi connectivity index (χ2n) is 6.63. The van der Waals surface area contributed by atoms with Crippen molar-refractivity contribution in [1.29, 1.82) is 0 Å². The molecule has 3 rings (SSSR count). The van der Waals surface area contributed by atoms with Crippen molar-refractivity contribution in [2.45, 2.75) is 18.9 Å². The van der Waals surface area contributed by atoms with E-state index in [0.29, 0.717) is 24.3 Å². The summed E-state index contributed by atoms with van der Waals surface area (Å²) >= 11 is 1.28. The van der Waals surface area contributed by atoms with Gasteiger partial charge in [0.25, 0.3) is 11.5 Å². The summed E-state index contributed by atoms with van der Waals surface area (Å²) in [6.45, 7) is -0.299. The van der Waals surface area contributed by atoms with Crippen LogP contribution in [0.25, 0.3) is 0 Å². The Kier molecular flexibility index (Phi) is 5.69. The predicted octanol–water partition coefficient (Wildman–Crippen LogP) is -0.242. The third-order valence-electron chi connectivity index (χ3n) is 4.85. The smallest absolute Gasteiger partial charge is 0.332 e. The molecule has 10 nitrogen and oxygen atoms in total. The number of likely N-dealkylation sites (tertiary alicyclic amines) is 1. The lowest BCUT2D eigenvalue weighted by Crippen LogP contribution is -2.43. The Labute approximate surface area is 169 Å². The summed E-state index contributed by atoms with van der Waals surface area (Å²) in [4.78, 5) is 63.5. The highest BCUT2D eigenvalue weighted by molar-refractivity contribution is 7.12. The van der Waals surface area contributed by atoms with E-state index in [-0.39, 0.29) is 11.7 Å². The number of esters is 1. The van der Waals surface area contributed by atoms with Crippen molar-refractivity contribution in [1.82, 2.24) is 14.0 Å². The van der Waals surface area contributed by atoms with E-state index in [1.54, 1.807) is 17.5 Å².